The fraction of sp³-hybridized carbons (Fsp3) is 0.214. The zero-order valence-corrected chi connectivity index (χ0v) is 12.8. The number of benzene rings is 1. The maximum absolute atomic E-state index is 11.7. The summed E-state index contributed by atoms with van der Waals surface area (Å²) in [6.07, 6.45) is 2.31. The number of ether oxygens (including phenoxy) is 1. The first-order chi connectivity index (χ1) is 9.93. The molecule has 7 heteroatoms. The number of hydrogen-bond donors (Lipinski definition) is 2. The summed E-state index contributed by atoms with van der Waals surface area (Å²) in [5, 5.41) is 11.2. The van der Waals surface area contributed by atoms with Gasteiger partial charge in [-0.15, -0.1) is 0 Å². The number of rotatable bonds is 6. The molecule has 0 radical (unpaired) electrons. The van der Waals surface area contributed by atoms with E-state index in [1.807, 2.05) is 12.1 Å². The molecule has 0 saturated heterocycles. The predicted octanol–water partition coefficient (Wildman–Crippen LogP) is 1.59. The summed E-state index contributed by atoms with van der Waals surface area (Å²) in [5.74, 6) is -2.62. The quantitative estimate of drug-likeness (QED) is 0.597. The van der Waals surface area contributed by atoms with Crippen LogP contribution in [0, 0.1) is 0 Å². The predicted molar refractivity (Wildman–Crippen MR) is 79.4 cm³/mol. The lowest BCUT2D eigenvalue weighted by Gasteiger charge is -2.11. The summed E-state index contributed by atoms with van der Waals surface area (Å²) in [4.78, 5) is 33.7. The van der Waals surface area contributed by atoms with Crippen LogP contribution in [0.3, 0.4) is 0 Å². The van der Waals surface area contributed by atoms with Gasteiger partial charge in [0.05, 0.1) is 13.5 Å². The minimum atomic E-state index is -1.33. The Balaban J connectivity index is 2.68. The van der Waals surface area contributed by atoms with E-state index in [4.69, 9.17) is 5.11 Å². The molecule has 0 spiro atoms. The molecule has 6 nitrogen and oxygen atoms in total. The Morgan fingerprint density at radius 1 is 1.38 bits per heavy atom. The standard InChI is InChI=1S/C14H14BrNO5/c1-21-13(18)8-11(14(19)20)16-12(17)7-6-9-4-2-3-5-10(9)15/h2-7,11H,8H2,1H3,(H,16,17)(H,19,20)/t11-/m0/s1. The molecular formula is C14H14BrNO5. The molecule has 0 unspecified atom stereocenters. The van der Waals surface area contributed by atoms with Crippen LogP contribution >= 0.6 is 15.9 Å². The first-order valence-corrected chi connectivity index (χ1v) is 6.76. The number of carboxylic acids is 1. The van der Waals surface area contributed by atoms with Crippen molar-refractivity contribution >= 4 is 39.9 Å². The molecule has 0 aliphatic rings. The lowest BCUT2D eigenvalue weighted by atomic mass is 10.2. The number of halogens is 1. The van der Waals surface area contributed by atoms with Crippen molar-refractivity contribution in [3.63, 3.8) is 0 Å². The van der Waals surface area contributed by atoms with E-state index in [9.17, 15) is 14.4 Å². The summed E-state index contributed by atoms with van der Waals surface area (Å²) in [7, 11) is 1.15. The third-order valence-corrected chi connectivity index (χ3v) is 3.25. The Morgan fingerprint density at radius 2 is 2.05 bits per heavy atom. The molecular weight excluding hydrogens is 342 g/mol. The Bertz CT molecular complexity index is 570. The molecule has 0 heterocycles. The minimum absolute atomic E-state index is 0.430. The maximum atomic E-state index is 11.7. The largest absolute Gasteiger partial charge is 0.480 e. The zero-order chi connectivity index (χ0) is 15.8. The number of esters is 1. The van der Waals surface area contributed by atoms with Gasteiger partial charge in [0.15, 0.2) is 0 Å². The normalized spacial score (nSPS) is 11.9. The van der Waals surface area contributed by atoms with Gasteiger partial charge in [0.25, 0.3) is 0 Å². The Labute approximate surface area is 129 Å². The van der Waals surface area contributed by atoms with Gasteiger partial charge in [0.2, 0.25) is 5.91 Å². The third kappa shape index (κ3) is 5.78. The first-order valence-electron chi connectivity index (χ1n) is 5.96. The molecule has 0 aliphatic heterocycles. The van der Waals surface area contributed by atoms with Gasteiger partial charge in [-0.3, -0.25) is 9.59 Å². The van der Waals surface area contributed by atoms with Crippen LogP contribution in [0.2, 0.25) is 0 Å². The monoisotopic (exact) mass is 355 g/mol. The fourth-order valence-electron chi connectivity index (χ4n) is 1.45. The van der Waals surface area contributed by atoms with Crippen molar-refractivity contribution in [3.05, 3.63) is 40.4 Å². The molecule has 1 amide bonds. The molecule has 0 fully saturated rings. The van der Waals surface area contributed by atoms with Crippen molar-refractivity contribution < 1.29 is 24.2 Å². The number of methoxy groups -OCH3 is 1. The van der Waals surface area contributed by atoms with Crippen molar-refractivity contribution in [1.82, 2.24) is 5.32 Å². The minimum Gasteiger partial charge on any atom is -0.480 e. The second-order valence-corrected chi connectivity index (χ2v) is 4.89. The van der Waals surface area contributed by atoms with E-state index in [2.05, 4.69) is 26.0 Å². The molecule has 1 aromatic carbocycles. The maximum Gasteiger partial charge on any atom is 0.326 e. The van der Waals surface area contributed by atoms with Crippen molar-refractivity contribution in [3.8, 4) is 0 Å². The molecule has 0 bridgehead atoms. The summed E-state index contributed by atoms with van der Waals surface area (Å²) < 4.78 is 5.18. The number of nitrogens with one attached hydrogen (secondary N) is 1. The first kappa shape index (κ1) is 16.9. The topological polar surface area (TPSA) is 92.7 Å². The summed E-state index contributed by atoms with van der Waals surface area (Å²) >= 11 is 3.32. The highest BCUT2D eigenvalue weighted by atomic mass is 79.9. The van der Waals surface area contributed by atoms with Gasteiger partial charge < -0.3 is 15.2 Å². The molecule has 1 rings (SSSR count). The zero-order valence-electron chi connectivity index (χ0n) is 11.2. The van der Waals surface area contributed by atoms with Crippen LogP contribution in [0.5, 0.6) is 0 Å². The van der Waals surface area contributed by atoms with Crippen LogP contribution in [0.25, 0.3) is 6.08 Å². The number of carbonyl (C=O) groups is 3. The average Bonchev–Trinajstić information content (AvgIpc) is 2.45. The highest BCUT2D eigenvalue weighted by Gasteiger charge is 2.22. The summed E-state index contributed by atoms with van der Waals surface area (Å²) in [6.45, 7) is 0. The second-order valence-electron chi connectivity index (χ2n) is 4.03. The van der Waals surface area contributed by atoms with Crippen molar-refractivity contribution in [2.75, 3.05) is 7.11 Å². The molecule has 1 atom stereocenters. The summed E-state index contributed by atoms with van der Waals surface area (Å²) in [5.41, 5.74) is 0.771. The molecule has 2 N–H and O–H groups in total. The second kappa shape index (κ2) is 8.21. The molecule has 21 heavy (non-hydrogen) atoms. The van der Waals surface area contributed by atoms with Gasteiger partial charge in [-0.1, -0.05) is 34.1 Å². The van der Waals surface area contributed by atoms with E-state index in [1.54, 1.807) is 12.1 Å². The number of hydrogen-bond acceptors (Lipinski definition) is 4. The number of aliphatic carboxylic acids is 1. The molecule has 112 valence electrons. The van der Waals surface area contributed by atoms with Crippen molar-refractivity contribution in [1.29, 1.82) is 0 Å². The fourth-order valence-corrected chi connectivity index (χ4v) is 1.86. The lowest BCUT2D eigenvalue weighted by molar-refractivity contribution is -0.148. The van der Waals surface area contributed by atoms with Gasteiger partial charge in [0.1, 0.15) is 6.04 Å². The van der Waals surface area contributed by atoms with Gasteiger partial charge in [-0.25, -0.2) is 4.79 Å². The van der Waals surface area contributed by atoms with E-state index in [0.29, 0.717) is 0 Å². The van der Waals surface area contributed by atoms with Gasteiger partial charge >= 0.3 is 11.9 Å². The van der Waals surface area contributed by atoms with Gasteiger partial charge in [-0.05, 0) is 17.7 Å². The number of carbonyl (C=O) groups excluding carboxylic acids is 2. The molecule has 0 saturated carbocycles. The van der Waals surface area contributed by atoms with Crippen molar-refractivity contribution in [2.45, 2.75) is 12.5 Å². The Kier molecular flexibility index (Phi) is 6.61. The van der Waals surface area contributed by atoms with E-state index in [0.717, 1.165) is 17.1 Å². The van der Waals surface area contributed by atoms with E-state index < -0.39 is 30.3 Å². The Morgan fingerprint density at radius 3 is 2.62 bits per heavy atom. The van der Waals surface area contributed by atoms with Crippen LogP contribution in [0.4, 0.5) is 0 Å². The van der Waals surface area contributed by atoms with Crippen LogP contribution in [0.1, 0.15) is 12.0 Å². The van der Waals surface area contributed by atoms with Crippen molar-refractivity contribution in [2.24, 2.45) is 0 Å². The number of amides is 1. The van der Waals surface area contributed by atoms with E-state index in [-0.39, 0.29) is 0 Å². The van der Waals surface area contributed by atoms with Gasteiger partial charge in [-0.2, -0.15) is 0 Å². The molecule has 0 aliphatic carbocycles. The lowest BCUT2D eigenvalue weighted by Crippen LogP contribution is -2.41. The van der Waals surface area contributed by atoms with Gasteiger partial charge in [0, 0.05) is 10.5 Å². The van der Waals surface area contributed by atoms with Crippen LogP contribution < -0.4 is 5.32 Å². The SMILES string of the molecule is COC(=O)C[C@H](NC(=O)C=Cc1ccccc1Br)C(=O)O. The van der Waals surface area contributed by atoms with E-state index in [1.165, 1.54) is 12.2 Å². The van der Waals surface area contributed by atoms with Crippen LogP contribution in [-0.2, 0) is 19.1 Å². The summed E-state index contributed by atoms with van der Waals surface area (Å²) in [6, 6.07) is 5.91. The van der Waals surface area contributed by atoms with Crippen LogP contribution in [0.15, 0.2) is 34.8 Å². The van der Waals surface area contributed by atoms with Crippen LogP contribution in [-0.4, -0.2) is 36.1 Å². The third-order valence-electron chi connectivity index (χ3n) is 2.53. The van der Waals surface area contributed by atoms with E-state index >= 15 is 0 Å². The highest BCUT2D eigenvalue weighted by molar-refractivity contribution is 9.10. The smallest absolute Gasteiger partial charge is 0.326 e. The molecule has 0 aromatic heterocycles. The average molecular weight is 356 g/mol. The highest BCUT2D eigenvalue weighted by Crippen LogP contribution is 2.16. The number of carboxylic acid groups (broad SMARTS) is 1. The molecule has 1 aromatic rings. The Hall–Kier alpha value is -2.15.